The number of carbonyl (C=O) groups excluding carboxylic acids is 2. The van der Waals surface area contributed by atoms with Crippen molar-refractivity contribution in [2.45, 2.75) is 25.7 Å². The van der Waals surface area contributed by atoms with Gasteiger partial charge in [0.2, 0.25) is 11.8 Å². The molecule has 3 heteroatoms. The molecule has 4 atom stereocenters. The molecule has 3 nitrogen and oxygen atoms in total. The maximum absolute atomic E-state index is 13.8. The Kier molecular flexibility index (Phi) is 4.82. The highest BCUT2D eigenvalue weighted by atomic mass is 16.2. The first-order valence-corrected chi connectivity index (χ1v) is 10.8. The van der Waals surface area contributed by atoms with Gasteiger partial charge in [-0.15, -0.1) is 0 Å². The van der Waals surface area contributed by atoms with Crippen molar-refractivity contribution in [1.29, 1.82) is 0 Å². The molecule has 3 aromatic carbocycles. The fourth-order valence-corrected chi connectivity index (χ4v) is 5.27. The van der Waals surface area contributed by atoms with Crippen LogP contribution in [0.2, 0.25) is 0 Å². The van der Waals surface area contributed by atoms with Crippen LogP contribution in [0, 0.1) is 25.7 Å². The zero-order valence-corrected chi connectivity index (χ0v) is 17.7. The van der Waals surface area contributed by atoms with Crippen LogP contribution in [-0.2, 0) is 9.59 Å². The Labute approximate surface area is 183 Å². The molecular formula is C28H25NO2. The van der Waals surface area contributed by atoms with Gasteiger partial charge in [0, 0.05) is 11.8 Å². The minimum Gasteiger partial charge on any atom is -0.274 e. The van der Waals surface area contributed by atoms with E-state index in [-0.39, 0.29) is 23.7 Å². The van der Waals surface area contributed by atoms with E-state index in [0.717, 1.165) is 22.3 Å². The largest absolute Gasteiger partial charge is 0.274 e. The highest BCUT2D eigenvalue weighted by molar-refractivity contribution is 6.23. The summed E-state index contributed by atoms with van der Waals surface area (Å²) in [5, 5.41) is 0. The molecule has 1 aliphatic carbocycles. The normalized spacial score (nSPS) is 25.0. The molecule has 1 aliphatic heterocycles. The summed E-state index contributed by atoms with van der Waals surface area (Å²) in [4.78, 5) is 29.0. The van der Waals surface area contributed by atoms with Crippen molar-refractivity contribution in [1.82, 2.24) is 0 Å². The second-order valence-electron chi connectivity index (χ2n) is 8.67. The zero-order chi connectivity index (χ0) is 21.5. The van der Waals surface area contributed by atoms with Crippen LogP contribution in [0.5, 0.6) is 0 Å². The van der Waals surface area contributed by atoms with Crippen LogP contribution < -0.4 is 4.90 Å². The fraction of sp³-hybridized carbons (Fsp3) is 0.214. The monoisotopic (exact) mass is 407 g/mol. The summed E-state index contributed by atoms with van der Waals surface area (Å²) in [5.74, 6) is -1.24. The molecule has 0 spiro atoms. The molecule has 0 unspecified atom stereocenters. The van der Waals surface area contributed by atoms with Crippen LogP contribution in [0.1, 0.15) is 34.1 Å². The number of rotatable bonds is 3. The van der Waals surface area contributed by atoms with Crippen molar-refractivity contribution in [3.05, 3.63) is 113 Å². The predicted molar refractivity (Wildman–Crippen MR) is 123 cm³/mol. The molecule has 2 amide bonds. The van der Waals surface area contributed by atoms with Crippen LogP contribution >= 0.6 is 0 Å². The van der Waals surface area contributed by atoms with Crippen molar-refractivity contribution < 1.29 is 9.59 Å². The molecule has 0 bridgehead atoms. The first kappa shape index (κ1) is 19.5. The van der Waals surface area contributed by atoms with Crippen LogP contribution in [0.15, 0.2) is 91.0 Å². The van der Waals surface area contributed by atoms with Gasteiger partial charge in [-0.25, -0.2) is 4.90 Å². The minimum absolute atomic E-state index is 0.0980. The van der Waals surface area contributed by atoms with E-state index in [0.29, 0.717) is 5.69 Å². The van der Waals surface area contributed by atoms with Gasteiger partial charge in [-0.05, 0) is 48.2 Å². The van der Waals surface area contributed by atoms with Gasteiger partial charge in [0.1, 0.15) is 0 Å². The number of anilines is 1. The van der Waals surface area contributed by atoms with Gasteiger partial charge in [-0.2, -0.15) is 0 Å². The first-order valence-electron chi connectivity index (χ1n) is 10.8. The summed E-state index contributed by atoms with van der Waals surface area (Å²) in [5.41, 5.74) is 4.92. The van der Waals surface area contributed by atoms with E-state index in [4.69, 9.17) is 0 Å². The van der Waals surface area contributed by atoms with E-state index in [9.17, 15) is 9.59 Å². The number of hydrogen-bond acceptors (Lipinski definition) is 2. The maximum Gasteiger partial charge on any atom is 0.238 e. The Morgan fingerprint density at radius 1 is 0.613 bits per heavy atom. The third-order valence-electron chi connectivity index (χ3n) is 6.53. The number of allylic oxidation sites excluding steroid dienone is 2. The van der Waals surface area contributed by atoms with Crippen LogP contribution in [0.25, 0.3) is 0 Å². The van der Waals surface area contributed by atoms with Gasteiger partial charge in [0.15, 0.2) is 0 Å². The van der Waals surface area contributed by atoms with Crippen LogP contribution in [-0.4, -0.2) is 11.8 Å². The van der Waals surface area contributed by atoms with E-state index in [1.807, 2.05) is 86.6 Å². The summed E-state index contributed by atoms with van der Waals surface area (Å²) >= 11 is 0. The Morgan fingerprint density at radius 3 is 1.45 bits per heavy atom. The predicted octanol–water partition coefficient (Wildman–Crippen LogP) is 5.55. The molecule has 1 saturated heterocycles. The fourth-order valence-electron chi connectivity index (χ4n) is 5.27. The number of imide groups is 1. The van der Waals surface area contributed by atoms with Crippen molar-refractivity contribution >= 4 is 17.5 Å². The maximum atomic E-state index is 13.8. The molecule has 3 aromatic rings. The third kappa shape index (κ3) is 3.31. The topological polar surface area (TPSA) is 37.4 Å². The summed E-state index contributed by atoms with van der Waals surface area (Å²) in [6, 6.07) is 26.0. The average molecular weight is 408 g/mol. The highest BCUT2D eigenvalue weighted by Crippen LogP contribution is 2.50. The molecule has 0 N–H and O–H groups in total. The minimum atomic E-state index is -0.411. The van der Waals surface area contributed by atoms with Gasteiger partial charge in [-0.1, -0.05) is 78.9 Å². The average Bonchev–Trinajstić information content (AvgIpc) is 3.04. The summed E-state index contributed by atoms with van der Waals surface area (Å²) in [6.07, 6.45) is 4.26. The molecule has 0 aromatic heterocycles. The van der Waals surface area contributed by atoms with Crippen molar-refractivity contribution in [3.63, 3.8) is 0 Å². The van der Waals surface area contributed by atoms with Gasteiger partial charge >= 0.3 is 0 Å². The molecule has 154 valence electrons. The summed E-state index contributed by atoms with van der Waals surface area (Å²) in [7, 11) is 0. The van der Waals surface area contributed by atoms with Crippen molar-refractivity contribution in [3.8, 4) is 0 Å². The van der Waals surface area contributed by atoms with E-state index in [1.165, 1.54) is 4.90 Å². The molecule has 5 rings (SSSR count). The number of benzene rings is 3. The van der Waals surface area contributed by atoms with Crippen LogP contribution in [0.3, 0.4) is 0 Å². The number of amides is 2. The van der Waals surface area contributed by atoms with Gasteiger partial charge < -0.3 is 0 Å². The van der Waals surface area contributed by atoms with Gasteiger partial charge in [0.05, 0.1) is 17.5 Å². The standard InChI is InChI=1S/C28H25NO2/c1-18-15-19(2)17-22(16-18)29-27(30)25-23(20-9-5-3-6-10-20)13-14-24(26(25)28(29)31)21-11-7-4-8-12-21/h3-17,23-26H,1-2H3/t23-,24-,25+,26+/m1/s1. The third-order valence-corrected chi connectivity index (χ3v) is 6.53. The lowest BCUT2D eigenvalue weighted by Crippen LogP contribution is -2.31. The van der Waals surface area contributed by atoms with Crippen molar-refractivity contribution in [2.24, 2.45) is 11.8 Å². The zero-order valence-electron chi connectivity index (χ0n) is 17.7. The molecule has 2 aliphatic rings. The SMILES string of the molecule is Cc1cc(C)cc(N2C(=O)[C@@H]3[C@@H](C2=O)[C@@H](c2ccccc2)C=C[C@@H]3c2ccccc2)c1. The quantitative estimate of drug-likeness (QED) is 0.422. The highest BCUT2D eigenvalue weighted by Gasteiger charge is 2.55. The van der Waals surface area contributed by atoms with E-state index < -0.39 is 11.8 Å². The number of aryl methyl sites for hydroxylation is 2. The molecule has 0 saturated carbocycles. The Morgan fingerprint density at radius 2 is 1.03 bits per heavy atom. The summed E-state index contributed by atoms with van der Waals surface area (Å²) < 4.78 is 0. The molecule has 31 heavy (non-hydrogen) atoms. The lowest BCUT2D eigenvalue weighted by atomic mass is 9.68. The first-order chi connectivity index (χ1) is 15.0. The molecule has 0 radical (unpaired) electrons. The number of fused-ring (bicyclic) bond motifs is 1. The van der Waals surface area contributed by atoms with E-state index in [1.54, 1.807) is 0 Å². The van der Waals surface area contributed by atoms with Crippen molar-refractivity contribution in [2.75, 3.05) is 4.90 Å². The Bertz CT molecular complexity index is 1080. The molecule has 1 fully saturated rings. The lowest BCUT2D eigenvalue weighted by molar-refractivity contribution is -0.122. The van der Waals surface area contributed by atoms with Gasteiger partial charge in [-0.3, -0.25) is 9.59 Å². The smallest absolute Gasteiger partial charge is 0.238 e. The molecule has 1 heterocycles. The van der Waals surface area contributed by atoms with E-state index >= 15 is 0 Å². The Hall–Kier alpha value is -3.46. The number of nitrogens with zero attached hydrogens (tertiary/aromatic N) is 1. The summed E-state index contributed by atoms with van der Waals surface area (Å²) in [6.45, 7) is 3.99. The van der Waals surface area contributed by atoms with Gasteiger partial charge in [0.25, 0.3) is 0 Å². The lowest BCUT2D eigenvalue weighted by Gasteiger charge is -2.32. The Balaban J connectivity index is 1.64. The number of carbonyl (C=O) groups is 2. The number of hydrogen-bond donors (Lipinski definition) is 0. The van der Waals surface area contributed by atoms with Crippen LogP contribution in [0.4, 0.5) is 5.69 Å². The molecular weight excluding hydrogens is 382 g/mol. The van der Waals surface area contributed by atoms with E-state index in [2.05, 4.69) is 18.2 Å². The second kappa shape index (κ2) is 7.66. The second-order valence-corrected chi connectivity index (χ2v) is 8.67.